The number of carbonyl (C=O) groups is 3. The first-order valence-corrected chi connectivity index (χ1v) is 27.4. The molecule has 69 heavy (non-hydrogen) atoms. The van der Waals surface area contributed by atoms with E-state index in [9.17, 15) is 14.4 Å². The molecule has 0 aliphatic heterocycles. The predicted molar refractivity (Wildman–Crippen MR) is 297 cm³/mol. The summed E-state index contributed by atoms with van der Waals surface area (Å²) in [5, 5.41) is 0. The molecule has 0 aromatic carbocycles. The number of hydrogen-bond acceptors (Lipinski definition) is 6. The molecule has 386 valence electrons. The van der Waals surface area contributed by atoms with Gasteiger partial charge in [-0.25, -0.2) is 0 Å². The highest BCUT2D eigenvalue weighted by atomic mass is 16.6. The van der Waals surface area contributed by atoms with Gasteiger partial charge >= 0.3 is 17.9 Å². The SMILES string of the molecule is CC/C=C\C/C=C\C/C=C\C/C=C\CCCCCC(=O)OCC(COC(=O)CCCCCCC\C=C/C=C\C=C/C=C\CCCCC)OC(=O)CCC/C=C\C/C=C\C/C=C\C/C=C\CCCCC. The Morgan fingerprint density at radius 2 is 0.638 bits per heavy atom. The van der Waals surface area contributed by atoms with Crippen molar-refractivity contribution in [2.45, 2.75) is 219 Å². The van der Waals surface area contributed by atoms with Crippen molar-refractivity contribution in [1.29, 1.82) is 0 Å². The topological polar surface area (TPSA) is 78.9 Å². The summed E-state index contributed by atoms with van der Waals surface area (Å²) in [6.45, 7) is 6.34. The second kappa shape index (κ2) is 55.9. The molecule has 0 radical (unpaired) electrons. The van der Waals surface area contributed by atoms with Crippen LogP contribution in [0.3, 0.4) is 0 Å². The molecule has 6 heteroatoms. The molecule has 0 fully saturated rings. The first kappa shape index (κ1) is 64.3. The van der Waals surface area contributed by atoms with E-state index in [2.05, 4.69) is 167 Å². The van der Waals surface area contributed by atoms with E-state index in [1.807, 2.05) is 0 Å². The van der Waals surface area contributed by atoms with Crippen molar-refractivity contribution >= 4 is 17.9 Å². The van der Waals surface area contributed by atoms with Crippen molar-refractivity contribution in [3.63, 3.8) is 0 Å². The molecule has 0 aliphatic carbocycles. The van der Waals surface area contributed by atoms with Gasteiger partial charge in [0.15, 0.2) is 6.10 Å². The third-order valence-electron chi connectivity index (χ3n) is 10.9. The third-order valence-corrected chi connectivity index (χ3v) is 10.9. The maximum atomic E-state index is 12.8. The van der Waals surface area contributed by atoms with Crippen molar-refractivity contribution < 1.29 is 28.6 Å². The maximum Gasteiger partial charge on any atom is 0.306 e. The van der Waals surface area contributed by atoms with Crippen molar-refractivity contribution in [1.82, 2.24) is 0 Å². The van der Waals surface area contributed by atoms with Gasteiger partial charge in [-0.15, -0.1) is 0 Å². The second-order valence-corrected chi connectivity index (χ2v) is 17.5. The van der Waals surface area contributed by atoms with Crippen molar-refractivity contribution in [3.05, 3.63) is 146 Å². The lowest BCUT2D eigenvalue weighted by Gasteiger charge is -2.18. The van der Waals surface area contributed by atoms with Crippen LogP contribution in [0.1, 0.15) is 213 Å². The molecule has 0 amide bonds. The van der Waals surface area contributed by atoms with Gasteiger partial charge in [0.25, 0.3) is 0 Å². The Hall–Kier alpha value is -4.71. The number of esters is 3. The smallest absolute Gasteiger partial charge is 0.306 e. The Bertz CT molecular complexity index is 1560. The van der Waals surface area contributed by atoms with Gasteiger partial charge < -0.3 is 14.2 Å². The molecule has 0 rings (SSSR count). The molecule has 0 aromatic heterocycles. The van der Waals surface area contributed by atoms with Gasteiger partial charge in [0.1, 0.15) is 13.2 Å². The molecule has 6 nitrogen and oxygen atoms in total. The maximum absolute atomic E-state index is 12.8. The quantitative estimate of drug-likeness (QED) is 0.0199. The molecule has 0 bridgehead atoms. The highest BCUT2D eigenvalue weighted by Gasteiger charge is 2.19. The van der Waals surface area contributed by atoms with Crippen LogP contribution in [0.2, 0.25) is 0 Å². The average molecular weight is 951 g/mol. The Labute approximate surface area is 423 Å². The zero-order chi connectivity index (χ0) is 50.0. The zero-order valence-electron chi connectivity index (χ0n) is 44.0. The van der Waals surface area contributed by atoms with E-state index < -0.39 is 6.10 Å². The molecular weight excluding hydrogens is 853 g/mol. The van der Waals surface area contributed by atoms with Crippen LogP contribution >= 0.6 is 0 Å². The summed E-state index contributed by atoms with van der Waals surface area (Å²) >= 11 is 0. The fourth-order valence-corrected chi connectivity index (χ4v) is 6.79. The first-order valence-electron chi connectivity index (χ1n) is 27.4. The lowest BCUT2D eigenvalue weighted by atomic mass is 10.1. The minimum absolute atomic E-state index is 0.129. The Balaban J connectivity index is 4.62. The number of allylic oxidation sites excluding steroid dienone is 24. The number of hydrogen-bond donors (Lipinski definition) is 0. The summed E-state index contributed by atoms with van der Waals surface area (Å²) < 4.78 is 16.7. The van der Waals surface area contributed by atoms with Crippen molar-refractivity contribution in [3.8, 4) is 0 Å². The van der Waals surface area contributed by atoms with E-state index in [1.165, 1.54) is 44.9 Å². The minimum atomic E-state index is -0.837. The van der Waals surface area contributed by atoms with Crippen LogP contribution in [0, 0.1) is 0 Å². The monoisotopic (exact) mass is 951 g/mol. The highest BCUT2D eigenvalue weighted by Crippen LogP contribution is 2.11. The van der Waals surface area contributed by atoms with Crippen LogP contribution < -0.4 is 0 Å². The second-order valence-electron chi connectivity index (χ2n) is 17.5. The molecule has 0 spiro atoms. The van der Waals surface area contributed by atoms with Gasteiger partial charge in [-0.05, 0) is 122 Å². The van der Waals surface area contributed by atoms with Gasteiger partial charge in [0.2, 0.25) is 0 Å². The number of ether oxygens (including phenoxy) is 3. The summed E-state index contributed by atoms with van der Waals surface area (Å²) in [6, 6.07) is 0. The standard InChI is InChI=1S/C63H98O6/c1-4-7-10-13-16-19-22-25-28-31-33-35-38-41-44-47-50-53-56-62(65)68-59-60(58-67-61(64)55-52-49-46-43-40-37-34-30-27-24-21-18-15-12-9-6-3)69-63(66)57-54-51-48-45-42-39-36-32-29-26-23-20-17-14-11-8-5-2/h9,12,16-22,25-31,33,35-37,39-40,45,48,60H,4-8,10-11,13-15,23-24,32,34,38,41-44,46-47,49-59H2,1-3H3/b12-9-,19-16-,20-17-,21-18-,25-22-,29-26-,30-27-,31-28-,35-33-,39-36-,40-37-,48-45-. The molecule has 0 saturated heterocycles. The largest absolute Gasteiger partial charge is 0.462 e. The van der Waals surface area contributed by atoms with Crippen molar-refractivity contribution in [2.24, 2.45) is 0 Å². The van der Waals surface area contributed by atoms with E-state index >= 15 is 0 Å². The van der Waals surface area contributed by atoms with E-state index in [-0.39, 0.29) is 37.5 Å². The number of rotatable bonds is 47. The van der Waals surface area contributed by atoms with E-state index in [1.54, 1.807) is 0 Å². The van der Waals surface area contributed by atoms with Gasteiger partial charge in [0, 0.05) is 19.3 Å². The lowest BCUT2D eigenvalue weighted by Crippen LogP contribution is -2.30. The summed E-state index contributed by atoms with van der Waals surface area (Å²) in [5.41, 5.74) is 0. The van der Waals surface area contributed by atoms with Crippen LogP contribution in [0.25, 0.3) is 0 Å². The summed E-state index contributed by atoms with van der Waals surface area (Å²) in [4.78, 5) is 38.1. The van der Waals surface area contributed by atoms with E-state index in [0.29, 0.717) is 19.3 Å². The van der Waals surface area contributed by atoms with Gasteiger partial charge in [-0.2, -0.15) is 0 Å². The van der Waals surface area contributed by atoms with Crippen LogP contribution in [0.5, 0.6) is 0 Å². The number of carbonyl (C=O) groups excluding carboxylic acids is 3. The van der Waals surface area contributed by atoms with Crippen LogP contribution in [-0.2, 0) is 28.6 Å². The van der Waals surface area contributed by atoms with Crippen molar-refractivity contribution in [2.75, 3.05) is 13.2 Å². The van der Waals surface area contributed by atoms with Crippen LogP contribution in [0.4, 0.5) is 0 Å². The summed E-state index contributed by atoms with van der Waals surface area (Å²) in [5.74, 6) is -1.05. The molecule has 0 aromatic rings. The summed E-state index contributed by atoms with van der Waals surface area (Å²) in [7, 11) is 0. The predicted octanol–water partition coefficient (Wildman–Crippen LogP) is 18.4. The summed E-state index contributed by atoms with van der Waals surface area (Å²) in [6.07, 6.45) is 79.7. The zero-order valence-corrected chi connectivity index (χ0v) is 44.0. The molecule has 0 aliphatic rings. The fraction of sp³-hybridized carbons (Fsp3) is 0.571. The molecule has 0 N–H and O–H groups in total. The molecule has 0 saturated carbocycles. The molecular formula is C63H98O6. The van der Waals surface area contributed by atoms with E-state index in [0.717, 1.165) is 122 Å². The molecule has 1 atom stereocenters. The average Bonchev–Trinajstić information content (AvgIpc) is 3.35. The van der Waals surface area contributed by atoms with E-state index in [4.69, 9.17) is 14.2 Å². The fourth-order valence-electron chi connectivity index (χ4n) is 6.79. The minimum Gasteiger partial charge on any atom is -0.462 e. The molecule has 0 heterocycles. The van der Waals surface area contributed by atoms with Crippen LogP contribution in [0.15, 0.2) is 146 Å². The normalized spacial score (nSPS) is 13.3. The van der Waals surface area contributed by atoms with Crippen LogP contribution in [-0.4, -0.2) is 37.2 Å². The van der Waals surface area contributed by atoms with Gasteiger partial charge in [-0.3, -0.25) is 14.4 Å². The highest BCUT2D eigenvalue weighted by molar-refractivity contribution is 5.71. The number of unbranched alkanes of at least 4 members (excludes halogenated alkanes) is 15. The van der Waals surface area contributed by atoms with Gasteiger partial charge in [-0.1, -0.05) is 218 Å². The first-order chi connectivity index (χ1) is 34.0. The van der Waals surface area contributed by atoms with Gasteiger partial charge in [0.05, 0.1) is 0 Å². The Kier molecular flexibility index (Phi) is 52.1. The molecule has 1 unspecified atom stereocenters. The Morgan fingerprint density at radius 1 is 0.319 bits per heavy atom. The third kappa shape index (κ3) is 54.1. The lowest BCUT2D eigenvalue weighted by molar-refractivity contribution is -0.167. The Morgan fingerprint density at radius 3 is 1.07 bits per heavy atom.